The molecule has 0 atom stereocenters. The second-order valence-electron chi connectivity index (χ2n) is 6.15. The van der Waals surface area contributed by atoms with Gasteiger partial charge in [0.15, 0.2) is 0 Å². The van der Waals surface area contributed by atoms with Crippen molar-refractivity contribution in [2.75, 3.05) is 32.7 Å². The Kier molecular flexibility index (Phi) is 6.61. The van der Waals surface area contributed by atoms with Gasteiger partial charge in [0.05, 0.1) is 11.1 Å². The second kappa shape index (κ2) is 8.37. The number of hydrogen-bond acceptors (Lipinski definition) is 3. The summed E-state index contributed by atoms with van der Waals surface area (Å²) in [5.74, 6) is 0. The van der Waals surface area contributed by atoms with E-state index in [1.807, 2.05) is 0 Å². The van der Waals surface area contributed by atoms with Crippen LogP contribution in [0.3, 0.4) is 0 Å². The van der Waals surface area contributed by atoms with E-state index in [-0.39, 0.29) is 11.6 Å². The maximum Gasteiger partial charge on any atom is 0.416 e. The summed E-state index contributed by atoms with van der Waals surface area (Å²) in [6, 6.07) is 1.14. The topological polar surface area (TPSA) is 32.8 Å². The predicted molar refractivity (Wildman–Crippen MR) is 84.6 cm³/mol. The number of ether oxygens (including phenoxy) is 1. The van der Waals surface area contributed by atoms with E-state index in [4.69, 9.17) is 4.74 Å². The molecule has 1 heterocycles. The molecule has 0 aliphatic carbocycles. The number of rotatable bonds is 4. The van der Waals surface area contributed by atoms with E-state index in [2.05, 4.69) is 11.8 Å². The van der Waals surface area contributed by atoms with Gasteiger partial charge in [0.25, 0.3) is 0 Å². The maximum absolute atomic E-state index is 12.8. The van der Waals surface area contributed by atoms with Crippen LogP contribution in [-0.4, -0.2) is 48.6 Å². The fraction of sp³-hybridized carbons (Fsp3) is 0.529. The number of carbonyl (C=O) groups is 1. The Morgan fingerprint density at radius 2 is 1.48 bits per heavy atom. The summed E-state index contributed by atoms with van der Waals surface area (Å²) in [7, 11) is 0. The quantitative estimate of drug-likeness (QED) is 0.714. The van der Waals surface area contributed by atoms with Gasteiger partial charge < -0.3 is 9.64 Å². The first kappa shape index (κ1) is 21.3. The Balaban J connectivity index is 2.03. The standard InChI is InChI=1S/C17H19F6N2O2/c1-2-3-24-4-6-25(7-5-24)15(26)27-11-12-8-13(16(18,19)20)10-14(9-12)17(21,22)23/h8-10H,1-7,11H2. The number of halogens is 6. The van der Waals surface area contributed by atoms with Crippen LogP contribution in [-0.2, 0) is 23.7 Å². The Morgan fingerprint density at radius 3 is 1.93 bits per heavy atom. The molecule has 151 valence electrons. The fourth-order valence-electron chi connectivity index (χ4n) is 2.72. The molecule has 0 spiro atoms. The van der Waals surface area contributed by atoms with E-state index >= 15 is 0 Å². The first-order chi connectivity index (χ1) is 12.5. The highest BCUT2D eigenvalue weighted by molar-refractivity contribution is 5.67. The van der Waals surface area contributed by atoms with Crippen LogP contribution >= 0.6 is 0 Å². The van der Waals surface area contributed by atoms with E-state index in [0.717, 1.165) is 13.0 Å². The van der Waals surface area contributed by atoms with Crippen molar-refractivity contribution in [1.82, 2.24) is 9.80 Å². The maximum atomic E-state index is 12.8. The first-order valence-electron chi connectivity index (χ1n) is 8.22. The lowest BCUT2D eigenvalue weighted by Gasteiger charge is -2.33. The van der Waals surface area contributed by atoms with Gasteiger partial charge in [-0.1, -0.05) is 6.92 Å². The van der Waals surface area contributed by atoms with Crippen LogP contribution in [0.1, 0.15) is 23.1 Å². The molecule has 0 unspecified atom stereocenters. The van der Waals surface area contributed by atoms with Gasteiger partial charge in [-0.2, -0.15) is 26.3 Å². The van der Waals surface area contributed by atoms with E-state index in [0.29, 0.717) is 38.3 Å². The van der Waals surface area contributed by atoms with Crippen LogP contribution in [0.5, 0.6) is 0 Å². The van der Waals surface area contributed by atoms with Crippen LogP contribution in [0.2, 0.25) is 0 Å². The largest absolute Gasteiger partial charge is 0.445 e. The second-order valence-corrected chi connectivity index (χ2v) is 6.15. The van der Waals surface area contributed by atoms with Crippen molar-refractivity contribution >= 4 is 6.09 Å². The average molecular weight is 397 g/mol. The van der Waals surface area contributed by atoms with Crippen molar-refractivity contribution in [3.05, 3.63) is 41.8 Å². The average Bonchev–Trinajstić information content (AvgIpc) is 2.59. The Hall–Kier alpha value is -1.97. The van der Waals surface area contributed by atoms with E-state index < -0.39 is 36.2 Å². The number of piperazine rings is 1. The normalized spacial score (nSPS) is 16.5. The molecule has 1 aliphatic heterocycles. The minimum absolute atomic E-state index is 0.0349. The molecule has 1 aliphatic rings. The number of amides is 1. The zero-order chi connectivity index (χ0) is 20.2. The molecule has 1 saturated heterocycles. The van der Waals surface area contributed by atoms with Crippen molar-refractivity contribution in [1.29, 1.82) is 0 Å². The predicted octanol–water partition coefficient (Wildman–Crippen LogP) is 4.20. The lowest BCUT2D eigenvalue weighted by Crippen LogP contribution is -2.48. The molecule has 1 radical (unpaired) electrons. The summed E-state index contributed by atoms with van der Waals surface area (Å²) in [4.78, 5) is 15.5. The summed E-state index contributed by atoms with van der Waals surface area (Å²) in [6.07, 6.45) is -9.92. The zero-order valence-corrected chi connectivity index (χ0v) is 14.4. The molecule has 27 heavy (non-hydrogen) atoms. The third kappa shape index (κ3) is 6.02. The number of nitrogens with zero attached hydrogens (tertiary/aromatic N) is 2. The number of hydrogen-bond donors (Lipinski definition) is 0. The molecular weight excluding hydrogens is 378 g/mol. The molecule has 1 aromatic rings. The highest BCUT2D eigenvalue weighted by Crippen LogP contribution is 2.36. The Bertz CT molecular complexity index is 620. The molecule has 10 heteroatoms. The van der Waals surface area contributed by atoms with E-state index in [1.54, 1.807) is 0 Å². The Morgan fingerprint density at radius 1 is 0.963 bits per heavy atom. The molecule has 0 saturated carbocycles. The van der Waals surface area contributed by atoms with Gasteiger partial charge in [0.1, 0.15) is 6.61 Å². The van der Waals surface area contributed by atoms with Gasteiger partial charge in [-0.15, -0.1) is 0 Å². The third-order valence-electron chi connectivity index (χ3n) is 4.11. The van der Waals surface area contributed by atoms with Gasteiger partial charge in [0, 0.05) is 26.2 Å². The van der Waals surface area contributed by atoms with Crippen LogP contribution in [0, 0.1) is 6.92 Å². The van der Waals surface area contributed by atoms with Crippen molar-refractivity contribution in [2.24, 2.45) is 0 Å². The van der Waals surface area contributed by atoms with Crippen LogP contribution in [0.25, 0.3) is 0 Å². The first-order valence-corrected chi connectivity index (χ1v) is 8.22. The SMILES string of the molecule is [CH2]CCN1CCN(C(=O)OCc2cc(C(F)(F)F)cc(C(F)(F)F)c2)CC1. The molecule has 1 fully saturated rings. The summed E-state index contributed by atoms with van der Waals surface area (Å²) in [6.45, 7) is 5.80. The monoisotopic (exact) mass is 397 g/mol. The van der Waals surface area contributed by atoms with Crippen LogP contribution in [0.4, 0.5) is 31.1 Å². The number of carbonyl (C=O) groups excluding carboxylic acids is 1. The minimum atomic E-state index is -4.94. The van der Waals surface area contributed by atoms with Gasteiger partial charge in [-0.25, -0.2) is 4.79 Å². The van der Waals surface area contributed by atoms with Gasteiger partial charge in [-0.3, -0.25) is 4.90 Å². The van der Waals surface area contributed by atoms with E-state index in [9.17, 15) is 31.1 Å². The third-order valence-corrected chi connectivity index (χ3v) is 4.11. The zero-order valence-electron chi connectivity index (χ0n) is 14.4. The van der Waals surface area contributed by atoms with Crippen LogP contribution < -0.4 is 0 Å². The van der Waals surface area contributed by atoms with Crippen molar-refractivity contribution in [2.45, 2.75) is 25.4 Å². The van der Waals surface area contributed by atoms with Crippen LogP contribution in [0.15, 0.2) is 18.2 Å². The van der Waals surface area contributed by atoms with Gasteiger partial charge >= 0.3 is 18.4 Å². The summed E-state index contributed by atoms with van der Waals surface area (Å²) in [5.41, 5.74) is -3.25. The number of alkyl halides is 6. The minimum Gasteiger partial charge on any atom is -0.445 e. The van der Waals surface area contributed by atoms with Gasteiger partial charge in [-0.05, 0) is 36.7 Å². The summed E-state index contributed by atoms with van der Waals surface area (Å²) < 4.78 is 81.9. The molecular formula is C17H19F6N2O2. The van der Waals surface area contributed by atoms with Crippen molar-refractivity contribution < 1.29 is 35.9 Å². The molecule has 4 nitrogen and oxygen atoms in total. The molecule has 0 bridgehead atoms. The molecule has 0 N–H and O–H groups in total. The molecule has 1 aromatic carbocycles. The molecule has 0 aromatic heterocycles. The Labute approximate surface area is 152 Å². The fourth-order valence-corrected chi connectivity index (χ4v) is 2.72. The molecule has 1 amide bonds. The highest BCUT2D eigenvalue weighted by atomic mass is 19.4. The highest BCUT2D eigenvalue weighted by Gasteiger charge is 2.37. The summed E-state index contributed by atoms with van der Waals surface area (Å²) >= 11 is 0. The number of benzene rings is 1. The smallest absolute Gasteiger partial charge is 0.416 e. The summed E-state index contributed by atoms with van der Waals surface area (Å²) in [5, 5.41) is 0. The van der Waals surface area contributed by atoms with Crippen molar-refractivity contribution in [3.8, 4) is 0 Å². The van der Waals surface area contributed by atoms with E-state index in [1.165, 1.54) is 4.90 Å². The molecule has 2 rings (SSSR count). The van der Waals surface area contributed by atoms with Gasteiger partial charge in [0.2, 0.25) is 0 Å². The van der Waals surface area contributed by atoms with Crippen molar-refractivity contribution in [3.63, 3.8) is 0 Å². The lowest BCUT2D eigenvalue weighted by atomic mass is 10.1. The lowest BCUT2D eigenvalue weighted by molar-refractivity contribution is -0.143.